The highest BCUT2D eigenvalue weighted by Crippen LogP contribution is 1.85. The first-order valence-electron chi connectivity index (χ1n) is 6.90. The summed E-state index contributed by atoms with van der Waals surface area (Å²) in [7, 11) is 0. The van der Waals surface area contributed by atoms with Crippen LogP contribution >= 0.6 is 0 Å². The average molecular weight is 271 g/mol. The Kier molecular flexibility index (Phi) is 10.5. The zero-order valence-electron chi connectivity index (χ0n) is 11.9. The Labute approximate surface area is 114 Å². The molecular weight excluding hydrogens is 246 g/mol. The van der Waals surface area contributed by atoms with Gasteiger partial charge in [-0.1, -0.05) is 20.3 Å². The minimum Gasteiger partial charge on any atom is -0.356 e. The maximum Gasteiger partial charge on any atom is 0.221 e. The van der Waals surface area contributed by atoms with Crippen molar-refractivity contribution in [1.29, 1.82) is 0 Å². The lowest BCUT2D eigenvalue weighted by molar-refractivity contribution is -0.122. The second-order valence-corrected chi connectivity index (χ2v) is 4.26. The van der Waals surface area contributed by atoms with Gasteiger partial charge in [0, 0.05) is 38.9 Å². The number of amides is 3. The topological polar surface area (TPSA) is 87.3 Å². The molecule has 0 heterocycles. The Morgan fingerprint density at radius 1 is 0.737 bits per heavy atom. The van der Waals surface area contributed by atoms with E-state index < -0.39 is 0 Å². The van der Waals surface area contributed by atoms with Gasteiger partial charge in [0.2, 0.25) is 17.7 Å². The standard InChI is InChI=1S/C13H25N3O3/c1-3-5-8-14-12(18)7-10-16-13(19)6-9-15-11(17)4-2/h3-10H2,1-2H3,(H,14,18)(H,15,17)(H,16,19). The zero-order valence-corrected chi connectivity index (χ0v) is 11.9. The van der Waals surface area contributed by atoms with E-state index in [-0.39, 0.29) is 30.6 Å². The molecule has 0 aromatic rings. The van der Waals surface area contributed by atoms with Gasteiger partial charge in [0.1, 0.15) is 0 Å². The van der Waals surface area contributed by atoms with Crippen molar-refractivity contribution in [3.05, 3.63) is 0 Å². The number of nitrogens with one attached hydrogen (secondary N) is 3. The van der Waals surface area contributed by atoms with E-state index in [0.717, 1.165) is 12.8 Å². The van der Waals surface area contributed by atoms with E-state index in [1.165, 1.54) is 0 Å². The van der Waals surface area contributed by atoms with Crippen molar-refractivity contribution in [2.75, 3.05) is 19.6 Å². The predicted molar refractivity (Wildman–Crippen MR) is 73.5 cm³/mol. The first-order valence-corrected chi connectivity index (χ1v) is 6.90. The van der Waals surface area contributed by atoms with Crippen molar-refractivity contribution in [2.45, 2.75) is 46.0 Å². The Bertz CT molecular complexity index is 293. The van der Waals surface area contributed by atoms with E-state index in [1.54, 1.807) is 6.92 Å². The van der Waals surface area contributed by atoms with Crippen LogP contribution in [0.2, 0.25) is 0 Å². The molecule has 110 valence electrons. The van der Waals surface area contributed by atoms with Crippen LogP contribution in [0, 0.1) is 0 Å². The molecule has 0 aromatic heterocycles. The Balaban J connectivity index is 3.47. The number of carbonyl (C=O) groups excluding carboxylic acids is 3. The number of hydrogen-bond acceptors (Lipinski definition) is 3. The van der Waals surface area contributed by atoms with Gasteiger partial charge in [-0.05, 0) is 6.42 Å². The molecule has 0 aliphatic heterocycles. The normalized spacial score (nSPS) is 9.79. The summed E-state index contributed by atoms with van der Waals surface area (Å²) >= 11 is 0. The summed E-state index contributed by atoms with van der Waals surface area (Å²) in [4.78, 5) is 33.6. The van der Waals surface area contributed by atoms with Crippen LogP contribution in [0.25, 0.3) is 0 Å². The van der Waals surface area contributed by atoms with Gasteiger partial charge in [0.05, 0.1) is 0 Å². The first kappa shape index (κ1) is 17.4. The molecule has 6 nitrogen and oxygen atoms in total. The van der Waals surface area contributed by atoms with E-state index in [1.807, 2.05) is 0 Å². The molecule has 3 N–H and O–H groups in total. The minimum absolute atomic E-state index is 0.0481. The average Bonchev–Trinajstić information content (AvgIpc) is 2.38. The molecular formula is C13H25N3O3. The van der Waals surface area contributed by atoms with Crippen LogP contribution in [0.15, 0.2) is 0 Å². The molecule has 0 spiro atoms. The maximum atomic E-state index is 11.4. The molecule has 6 heteroatoms. The van der Waals surface area contributed by atoms with Gasteiger partial charge < -0.3 is 16.0 Å². The minimum atomic E-state index is -0.155. The summed E-state index contributed by atoms with van der Waals surface area (Å²) < 4.78 is 0. The molecule has 0 saturated carbocycles. The molecule has 0 bridgehead atoms. The van der Waals surface area contributed by atoms with Gasteiger partial charge in [-0.25, -0.2) is 0 Å². The maximum absolute atomic E-state index is 11.4. The molecule has 0 fully saturated rings. The van der Waals surface area contributed by atoms with Gasteiger partial charge in [-0.3, -0.25) is 14.4 Å². The largest absolute Gasteiger partial charge is 0.356 e. The van der Waals surface area contributed by atoms with Crippen LogP contribution in [0.1, 0.15) is 46.0 Å². The summed E-state index contributed by atoms with van der Waals surface area (Å²) in [6.45, 7) is 5.17. The number of rotatable bonds is 10. The van der Waals surface area contributed by atoms with Crippen molar-refractivity contribution < 1.29 is 14.4 Å². The number of carbonyl (C=O) groups is 3. The second kappa shape index (κ2) is 11.5. The second-order valence-electron chi connectivity index (χ2n) is 4.26. The molecule has 0 aliphatic rings. The summed E-state index contributed by atoms with van der Waals surface area (Å²) in [6.07, 6.45) is 2.95. The molecule has 0 rings (SSSR count). The third-order valence-corrected chi connectivity index (χ3v) is 2.52. The van der Waals surface area contributed by atoms with Crippen LogP contribution in [0.3, 0.4) is 0 Å². The molecule has 0 aliphatic carbocycles. The fraction of sp³-hybridized carbons (Fsp3) is 0.769. The third kappa shape index (κ3) is 11.2. The van der Waals surface area contributed by atoms with Gasteiger partial charge in [0.25, 0.3) is 0 Å². The van der Waals surface area contributed by atoms with Crippen LogP contribution in [-0.2, 0) is 14.4 Å². The van der Waals surface area contributed by atoms with E-state index in [4.69, 9.17) is 0 Å². The van der Waals surface area contributed by atoms with Gasteiger partial charge >= 0.3 is 0 Å². The fourth-order valence-corrected chi connectivity index (χ4v) is 1.34. The van der Waals surface area contributed by atoms with Crippen LogP contribution in [0.4, 0.5) is 0 Å². The fourth-order valence-electron chi connectivity index (χ4n) is 1.34. The van der Waals surface area contributed by atoms with Gasteiger partial charge in [0.15, 0.2) is 0 Å². The first-order chi connectivity index (χ1) is 9.10. The molecule has 0 radical (unpaired) electrons. The number of hydrogen-bond donors (Lipinski definition) is 3. The third-order valence-electron chi connectivity index (χ3n) is 2.52. The van der Waals surface area contributed by atoms with Crippen LogP contribution < -0.4 is 16.0 Å². The molecule has 0 unspecified atom stereocenters. The van der Waals surface area contributed by atoms with E-state index in [2.05, 4.69) is 22.9 Å². The van der Waals surface area contributed by atoms with Crippen LogP contribution in [-0.4, -0.2) is 37.4 Å². The highest BCUT2D eigenvalue weighted by atomic mass is 16.2. The summed E-state index contributed by atoms with van der Waals surface area (Å²) in [5.74, 6) is -0.270. The quantitative estimate of drug-likeness (QED) is 0.500. The smallest absolute Gasteiger partial charge is 0.221 e. The zero-order chi connectivity index (χ0) is 14.5. The molecule has 0 aromatic carbocycles. The Morgan fingerprint density at radius 3 is 1.68 bits per heavy atom. The molecule has 0 atom stereocenters. The Morgan fingerprint density at radius 2 is 1.21 bits per heavy atom. The van der Waals surface area contributed by atoms with Crippen molar-refractivity contribution >= 4 is 17.7 Å². The summed E-state index contributed by atoms with van der Waals surface area (Å²) in [5.41, 5.74) is 0. The van der Waals surface area contributed by atoms with Crippen LogP contribution in [0.5, 0.6) is 0 Å². The summed E-state index contributed by atoms with van der Waals surface area (Å²) in [6, 6.07) is 0. The SMILES string of the molecule is CCCCNC(=O)CCNC(=O)CCNC(=O)CC. The van der Waals surface area contributed by atoms with E-state index in [9.17, 15) is 14.4 Å². The monoisotopic (exact) mass is 271 g/mol. The Hall–Kier alpha value is -1.59. The van der Waals surface area contributed by atoms with Gasteiger partial charge in [-0.2, -0.15) is 0 Å². The molecule has 3 amide bonds. The highest BCUT2D eigenvalue weighted by Gasteiger charge is 2.04. The highest BCUT2D eigenvalue weighted by molar-refractivity contribution is 5.80. The molecule has 19 heavy (non-hydrogen) atoms. The van der Waals surface area contributed by atoms with Gasteiger partial charge in [-0.15, -0.1) is 0 Å². The molecule has 0 saturated heterocycles. The lowest BCUT2D eigenvalue weighted by Crippen LogP contribution is -2.33. The number of unbranched alkanes of at least 4 members (excludes halogenated alkanes) is 1. The summed E-state index contributed by atoms with van der Waals surface area (Å²) in [5, 5.41) is 8.04. The lowest BCUT2D eigenvalue weighted by atomic mass is 10.3. The van der Waals surface area contributed by atoms with E-state index in [0.29, 0.717) is 26.1 Å². The van der Waals surface area contributed by atoms with Crippen molar-refractivity contribution in [3.8, 4) is 0 Å². The van der Waals surface area contributed by atoms with Crippen molar-refractivity contribution in [1.82, 2.24) is 16.0 Å². The predicted octanol–water partition coefficient (Wildman–Crippen LogP) is 0.325. The van der Waals surface area contributed by atoms with Crippen molar-refractivity contribution in [2.24, 2.45) is 0 Å². The van der Waals surface area contributed by atoms with E-state index >= 15 is 0 Å². The van der Waals surface area contributed by atoms with Crippen molar-refractivity contribution in [3.63, 3.8) is 0 Å². The lowest BCUT2D eigenvalue weighted by Gasteiger charge is -2.07.